The lowest BCUT2D eigenvalue weighted by atomic mass is 9.94. The molecule has 21 heavy (non-hydrogen) atoms. The van der Waals surface area contributed by atoms with Crippen molar-refractivity contribution in [1.29, 1.82) is 0 Å². The zero-order valence-corrected chi connectivity index (χ0v) is 13.6. The van der Waals surface area contributed by atoms with Gasteiger partial charge in [0.05, 0.1) is 16.1 Å². The summed E-state index contributed by atoms with van der Waals surface area (Å²) in [7, 11) is 0. The Hall–Kier alpha value is -1.09. The maximum Gasteiger partial charge on any atom is 0.123 e. The van der Waals surface area contributed by atoms with Crippen molar-refractivity contribution < 1.29 is 4.39 Å². The molecule has 0 radical (unpaired) electrons. The van der Waals surface area contributed by atoms with Gasteiger partial charge in [0, 0.05) is 0 Å². The number of halogens is 3. The molecule has 1 unspecified atom stereocenters. The van der Waals surface area contributed by atoms with Crippen LogP contribution in [0.4, 0.5) is 4.39 Å². The van der Waals surface area contributed by atoms with E-state index >= 15 is 0 Å². The van der Waals surface area contributed by atoms with E-state index in [0.29, 0.717) is 10.0 Å². The first-order chi connectivity index (χ1) is 10.0. The Morgan fingerprint density at radius 2 is 1.86 bits per heavy atom. The number of nitrogens with one attached hydrogen (secondary N) is 1. The predicted molar refractivity (Wildman–Crippen MR) is 87.7 cm³/mol. The zero-order chi connectivity index (χ0) is 15.4. The summed E-state index contributed by atoms with van der Waals surface area (Å²) >= 11 is 12.1. The summed E-state index contributed by atoms with van der Waals surface area (Å²) in [6.45, 7) is 4.88. The van der Waals surface area contributed by atoms with Gasteiger partial charge in [-0.25, -0.2) is 4.39 Å². The van der Waals surface area contributed by atoms with Crippen molar-refractivity contribution >= 4 is 23.2 Å². The average molecular weight is 326 g/mol. The SMILES string of the molecule is CCCNC(c1ccc(Cl)c(Cl)c1)c1ccc(F)cc1C. The van der Waals surface area contributed by atoms with Crippen LogP contribution in [0.5, 0.6) is 0 Å². The second kappa shape index (κ2) is 7.26. The van der Waals surface area contributed by atoms with Gasteiger partial charge in [0.2, 0.25) is 0 Å². The number of hydrogen-bond donors (Lipinski definition) is 1. The van der Waals surface area contributed by atoms with Crippen LogP contribution in [0.3, 0.4) is 0 Å². The minimum Gasteiger partial charge on any atom is -0.306 e. The largest absolute Gasteiger partial charge is 0.306 e. The van der Waals surface area contributed by atoms with Crippen LogP contribution in [0, 0.1) is 12.7 Å². The lowest BCUT2D eigenvalue weighted by Crippen LogP contribution is -2.24. The molecule has 1 atom stereocenters. The molecule has 2 rings (SSSR count). The van der Waals surface area contributed by atoms with Crippen molar-refractivity contribution in [1.82, 2.24) is 5.32 Å². The Morgan fingerprint density at radius 3 is 2.48 bits per heavy atom. The van der Waals surface area contributed by atoms with E-state index in [1.54, 1.807) is 12.1 Å². The molecular weight excluding hydrogens is 308 g/mol. The Balaban J connectivity index is 2.44. The lowest BCUT2D eigenvalue weighted by molar-refractivity contribution is 0.590. The van der Waals surface area contributed by atoms with Gasteiger partial charge in [0.25, 0.3) is 0 Å². The normalized spacial score (nSPS) is 12.4. The summed E-state index contributed by atoms with van der Waals surface area (Å²) in [6.07, 6.45) is 1.01. The molecule has 2 aromatic rings. The summed E-state index contributed by atoms with van der Waals surface area (Å²) in [5.41, 5.74) is 2.98. The molecular formula is C17H18Cl2FN. The third-order valence-corrected chi connectivity index (χ3v) is 4.16. The van der Waals surface area contributed by atoms with Crippen molar-refractivity contribution in [2.24, 2.45) is 0 Å². The quantitative estimate of drug-likeness (QED) is 0.762. The molecule has 0 aromatic heterocycles. The van der Waals surface area contributed by atoms with E-state index in [2.05, 4.69) is 12.2 Å². The smallest absolute Gasteiger partial charge is 0.123 e. The summed E-state index contributed by atoms with van der Waals surface area (Å²) in [5, 5.41) is 4.54. The first kappa shape index (κ1) is 16.3. The van der Waals surface area contributed by atoms with Crippen LogP contribution < -0.4 is 5.32 Å². The third-order valence-electron chi connectivity index (χ3n) is 3.42. The van der Waals surface area contributed by atoms with Gasteiger partial charge in [0.1, 0.15) is 5.82 Å². The second-order valence-corrected chi connectivity index (χ2v) is 5.88. The second-order valence-electron chi connectivity index (χ2n) is 5.06. The molecule has 0 aliphatic rings. The van der Waals surface area contributed by atoms with Gasteiger partial charge < -0.3 is 5.32 Å². The number of aryl methyl sites for hydroxylation is 1. The Kier molecular flexibility index (Phi) is 5.63. The van der Waals surface area contributed by atoms with E-state index in [1.165, 1.54) is 6.07 Å². The van der Waals surface area contributed by atoms with Crippen LogP contribution in [0.15, 0.2) is 36.4 Å². The highest BCUT2D eigenvalue weighted by molar-refractivity contribution is 6.42. The van der Waals surface area contributed by atoms with Crippen LogP contribution in [0.1, 0.15) is 36.1 Å². The molecule has 1 N–H and O–H groups in total. The topological polar surface area (TPSA) is 12.0 Å². The minimum absolute atomic E-state index is 0.0275. The molecule has 4 heteroatoms. The van der Waals surface area contributed by atoms with Gasteiger partial charge in [-0.15, -0.1) is 0 Å². The molecule has 0 amide bonds. The maximum absolute atomic E-state index is 13.3. The fraction of sp³-hybridized carbons (Fsp3) is 0.294. The maximum atomic E-state index is 13.3. The molecule has 0 heterocycles. The standard InChI is InChI=1S/C17H18Cl2FN/c1-3-8-21-17(12-4-7-15(18)16(19)10-12)14-6-5-13(20)9-11(14)2/h4-7,9-10,17,21H,3,8H2,1-2H3. The van der Waals surface area contributed by atoms with Crippen molar-refractivity contribution in [2.45, 2.75) is 26.3 Å². The predicted octanol–water partition coefficient (Wildman–Crippen LogP) is 5.53. The Labute approximate surface area is 135 Å². The monoisotopic (exact) mass is 325 g/mol. The molecule has 0 fully saturated rings. The van der Waals surface area contributed by atoms with Gasteiger partial charge >= 0.3 is 0 Å². The van der Waals surface area contributed by atoms with E-state index in [-0.39, 0.29) is 11.9 Å². The Morgan fingerprint density at radius 1 is 1.10 bits per heavy atom. The summed E-state index contributed by atoms with van der Waals surface area (Å²) in [6, 6.07) is 10.4. The van der Waals surface area contributed by atoms with Crippen LogP contribution in [0.25, 0.3) is 0 Å². The molecule has 1 nitrogen and oxygen atoms in total. The lowest BCUT2D eigenvalue weighted by Gasteiger charge is -2.22. The number of benzene rings is 2. The number of hydrogen-bond acceptors (Lipinski definition) is 1. The summed E-state index contributed by atoms with van der Waals surface area (Å²) in [4.78, 5) is 0. The average Bonchev–Trinajstić information content (AvgIpc) is 2.44. The molecule has 0 aliphatic carbocycles. The van der Waals surface area contributed by atoms with Gasteiger partial charge in [-0.05, 0) is 60.8 Å². The third kappa shape index (κ3) is 3.97. The first-order valence-corrected chi connectivity index (χ1v) is 7.73. The van der Waals surface area contributed by atoms with Crippen molar-refractivity contribution in [3.05, 3.63) is 69.0 Å². The van der Waals surface area contributed by atoms with E-state index in [4.69, 9.17) is 23.2 Å². The fourth-order valence-electron chi connectivity index (χ4n) is 2.35. The Bertz CT molecular complexity index is 628. The van der Waals surface area contributed by atoms with Crippen molar-refractivity contribution in [3.8, 4) is 0 Å². The minimum atomic E-state index is -0.223. The molecule has 0 aliphatic heterocycles. The molecule has 0 spiro atoms. The fourth-order valence-corrected chi connectivity index (χ4v) is 2.66. The van der Waals surface area contributed by atoms with E-state index in [0.717, 1.165) is 29.7 Å². The number of rotatable bonds is 5. The van der Waals surface area contributed by atoms with Gasteiger partial charge in [-0.2, -0.15) is 0 Å². The highest BCUT2D eigenvalue weighted by atomic mass is 35.5. The van der Waals surface area contributed by atoms with E-state index in [9.17, 15) is 4.39 Å². The van der Waals surface area contributed by atoms with E-state index < -0.39 is 0 Å². The summed E-state index contributed by atoms with van der Waals surface area (Å²) in [5.74, 6) is -0.223. The van der Waals surface area contributed by atoms with E-state index in [1.807, 2.05) is 25.1 Å². The van der Waals surface area contributed by atoms with Crippen molar-refractivity contribution in [3.63, 3.8) is 0 Å². The van der Waals surface area contributed by atoms with Gasteiger partial charge in [-0.3, -0.25) is 0 Å². The van der Waals surface area contributed by atoms with Crippen molar-refractivity contribution in [2.75, 3.05) is 6.54 Å². The van der Waals surface area contributed by atoms with Gasteiger partial charge in [0.15, 0.2) is 0 Å². The van der Waals surface area contributed by atoms with Crippen LogP contribution in [0.2, 0.25) is 10.0 Å². The first-order valence-electron chi connectivity index (χ1n) is 6.97. The van der Waals surface area contributed by atoms with Crippen LogP contribution in [-0.4, -0.2) is 6.54 Å². The molecule has 112 valence electrons. The highest BCUT2D eigenvalue weighted by Crippen LogP contribution is 2.30. The molecule has 0 saturated heterocycles. The molecule has 2 aromatic carbocycles. The zero-order valence-electron chi connectivity index (χ0n) is 12.1. The van der Waals surface area contributed by atoms with Gasteiger partial charge in [-0.1, -0.05) is 42.3 Å². The highest BCUT2D eigenvalue weighted by Gasteiger charge is 2.17. The molecule has 0 bridgehead atoms. The molecule has 0 saturated carbocycles. The van der Waals surface area contributed by atoms with Crippen LogP contribution in [-0.2, 0) is 0 Å². The summed E-state index contributed by atoms with van der Waals surface area (Å²) < 4.78 is 13.3. The van der Waals surface area contributed by atoms with Crippen LogP contribution >= 0.6 is 23.2 Å².